The third-order valence-corrected chi connectivity index (χ3v) is 5.23. The number of carbonyl (C=O) groups is 2. The van der Waals surface area contributed by atoms with Crippen LogP contribution in [0.2, 0.25) is 0 Å². The summed E-state index contributed by atoms with van der Waals surface area (Å²) in [5, 5.41) is 1.71. The maximum Gasteiger partial charge on any atom is 0.321 e. The predicted octanol–water partition coefficient (Wildman–Crippen LogP) is 2.79. The van der Waals surface area contributed by atoms with Crippen molar-refractivity contribution in [1.29, 1.82) is 0 Å². The number of hydrogen-bond donors (Lipinski definition) is 2. The van der Waals surface area contributed by atoms with Gasteiger partial charge in [-0.1, -0.05) is 48.0 Å². The Morgan fingerprint density at radius 2 is 1.83 bits per heavy atom. The van der Waals surface area contributed by atoms with Gasteiger partial charge in [0.1, 0.15) is 6.54 Å². The molecule has 0 atom stereocenters. The van der Waals surface area contributed by atoms with Gasteiger partial charge in [-0.2, -0.15) is 0 Å². The molecule has 0 bridgehead atoms. The van der Waals surface area contributed by atoms with E-state index in [0.717, 1.165) is 21.9 Å². The summed E-state index contributed by atoms with van der Waals surface area (Å²) >= 11 is 0. The molecule has 0 aliphatic heterocycles. The van der Waals surface area contributed by atoms with E-state index in [4.69, 9.17) is 4.74 Å². The zero-order valence-corrected chi connectivity index (χ0v) is 16.5. The van der Waals surface area contributed by atoms with Crippen LogP contribution in [0.3, 0.4) is 0 Å². The van der Waals surface area contributed by atoms with Crippen LogP contribution >= 0.6 is 0 Å². The lowest BCUT2D eigenvalue weighted by Gasteiger charge is -2.05. The number of fused-ring (bicyclic) bond motifs is 1. The lowest BCUT2D eigenvalue weighted by molar-refractivity contribution is -0.141. The van der Waals surface area contributed by atoms with Crippen molar-refractivity contribution in [2.75, 3.05) is 13.2 Å². The first-order valence-electron chi connectivity index (χ1n) is 8.83. The van der Waals surface area contributed by atoms with Crippen LogP contribution in [0, 0.1) is 6.92 Å². The van der Waals surface area contributed by atoms with E-state index in [1.165, 1.54) is 6.08 Å². The minimum atomic E-state index is -3.82. The zero-order valence-electron chi connectivity index (χ0n) is 15.7. The number of carbonyl (C=O) groups excluding carboxylic acids is 2. The van der Waals surface area contributed by atoms with Crippen molar-refractivity contribution in [3.8, 4) is 0 Å². The quantitative estimate of drug-likeness (QED) is 0.437. The van der Waals surface area contributed by atoms with E-state index in [-0.39, 0.29) is 5.78 Å². The number of esters is 1. The second-order valence-corrected chi connectivity index (χ2v) is 8.06. The Kier molecular flexibility index (Phi) is 6.26. The number of ether oxygens (including phenoxy) is 1. The maximum atomic E-state index is 12.3. The van der Waals surface area contributed by atoms with Gasteiger partial charge < -0.3 is 9.72 Å². The number of benzene rings is 2. The van der Waals surface area contributed by atoms with Crippen molar-refractivity contribution in [2.45, 2.75) is 6.92 Å². The third kappa shape index (κ3) is 5.63. The van der Waals surface area contributed by atoms with Gasteiger partial charge in [0.05, 0.1) is 0 Å². The first kappa shape index (κ1) is 20.5. The van der Waals surface area contributed by atoms with Crippen molar-refractivity contribution < 1.29 is 22.7 Å². The molecule has 0 radical (unpaired) electrons. The summed E-state index contributed by atoms with van der Waals surface area (Å²) < 4.78 is 31.0. The highest BCUT2D eigenvalue weighted by Gasteiger charge is 2.15. The standard InChI is InChI=1S/C21H20N2O5S/c1-15-6-8-16(9-7-15)10-11-29(26,27)23-13-21(25)28-14-20(24)18-12-22-19-5-3-2-4-17(18)19/h2-12,22-23H,13-14H2,1H3. The Balaban J connectivity index is 1.50. The van der Waals surface area contributed by atoms with Gasteiger partial charge in [-0.25, -0.2) is 13.1 Å². The Morgan fingerprint density at radius 3 is 2.59 bits per heavy atom. The Morgan fingerprint density at radius 1 is 1.10 bits per heavy atom. The van der Waals surface area contributed by atoms with E-state index in [0.29, 0.717) is 11.1 Å². The average Bonchev–Trinajstić information content (AvgIpc) is 3.14. The van der Waals surface area contributed by atoms with Crippen LogP contribution in [-0.4, -0.2) is 38.3 Å². The number of ketones is 1. The molecule has 0 saturated heterocycles. The van der Waals surface area contributed by atoms with E-state index < -0.39 is 29.1 Å². The maximum absolute atomic E-state index is 12.3. The number of H-pyrrole nitrogens is 1. The van der Waals surface area contributed by atoms with Crippen LogP contribution in [0.1, 0.15) is 21.5 Å². The Bertz CT molecular complexity index is 1160. The molecule has 1 heterocycles. The number of aromatic amines is 1. The van der Waals surface area contributed by atoms with E-state index in [1.54, 1.807) is 30.5 Å². The van der Waals surface area contributed by atoms with Crippen molar-refractivity contribution in [1.82, 2.24) is 9.71 Å². The molecule has 0 aliphatic rings. The minimum absolute atomic E-state index is 0.377. The summed E-state index contributed by atoms with van der Waals surface area (Å²) in [6.07, 6.45) is 2.98. The summed E-state index contributed by atoms with van der Waals surface area (Å²) in [7, 11) is -3.82. The Labute approximate surface area is 168 Å². The molecule has 0 fully saturated rings. The topological polar surface area (TPSA) is 105 Å². The zero-order chi connectivity index (χ0) is 20.9. The molecule has 0 spiro atoms. The van der Waals surface area contributed by atoms with Crippen LogP contribution in [0.25, 0.3) is 17.0 Å². The smallest absolute Gasteiger partial charge is 0.321 e. The van der Waals surface area contributed by atoms with Gasteiger partial charge in [0.2, 0.25) is 15.8 Å². The monoisotopic (exact) mass is 412 g/mol. The highest BCUT2D eigenvalue weighted by atomic mass is 32.2. The molecule has 3 aromatic rings. The second-order valence-electron chi connectivity index (χ2n) is 6.41. The lowest BCUT2D eigenvalue weighted by atomic mass is 10.1. The number of rotatable bonds is 8. The van der Waals surface area contributed by atoms with Gasteiger partial charge in [0, 0.05) is 28.1 Å². The second kappa shape index (κ2) is 8.85. The fourth-order valence-electron chi connectivity index (χ4n) is 2.63. The van der Waals surface area contributed by atoms with Crippen LogP contribution < -0.4 is 4.72 Å². The number of Topliss-reactive ketones (excluding diaryl/α,β-unsaturated/α-hetero) is 1. The van der Waals surface area contributed by atoms with Crippen molar-refractivity contribution in [2.24, 2.45) is 0 Å². The van der Waals surface area contributed by atoms with Crippen molar-refractivity contribution >= 4 is 38.8 Å². The number of aryl methyl sites for hydroxylation is 1. The molecule has 0 saturated carbocycles. The molecule has 0 amide bonds. The molecule has 3 rings (SSSR count). The van der Waals surface area contributed by atoms with Gasteiger partial charge in [0.25, 0.3) is 0 Å². The van der Waals surface area contributed by atoms with Crippen LogP contribution in [0.4, 0.5) is 0 Å². The van der Waals surface area contributed by atoms with E-state index in [2.05, 4.69) is 9.71 Å². The summed E-state index contributed by atoms with van der Waals surface area (Å²) in [5.74, 6) is -1.22. The number of aromatic nitrogens is 1. The van der Waals surface area contributed by atoms with Gasteiger partial charge in [-0.3, -0.25) is 9.59 Å². The van der Waals surface area contributed by atoms with Crippen molar-refractivity contribution in [3.63, 3.8) is 0 Å². The molecule has 1 aromatic heterocycles. The van der Waals surface area contributed by atoms with Gasteiger partial charge in [-0.05, 0) is 24.6 Å². The fourth-order valence-corrected chi connectivity index (χ4v) is 3.38. The summed E-state index contributed by atoms with van der Waals surface area (Å²) in [4.78, 5) is 27.0. The first-order valence-corrected chi connectivity index (χ1v) is 10.4. The Hall–Kier alpha value is -3.23. The van der Waals surface area contributed by atoms with E-state index >= 15 is 0 Å². The number of nitrogens with one attached hydrogen (secondary N) is 2. The molecule has 8 heteroatoms. The van der Waals surface area contributed by atoms with Gasteiger partial charge in [-0.15, -0.1) is 0 Å². The minimum Gasteiger partial charge on any atom is -0.456 e. The summed E-state index contributed by atoms with van der Waals surface area (Å²) in [5.41, 5.74) is 2.99. The summed E-state index contributed by atoms with van der Waals surface area (Å²) in [6, 6.07) is 14.6. The van der Waals surface area contributed by atoms with Crippen LogP contribution in [0.5, 0.6) is 0 Å². The van der Waals surface area contributed by atoms with Gasteiger partial charge >= 0.3 is 5.97 Å². The normalized spacial score (nSPS) is 11.8. The van der Waals surface area contributed by atoms with Crippen LogP contribution in [-0.2, 0) is 19.6 Å². The number of para-hydroxylation sites is 1. The fraction of sp³-hybridized carbons (Fsp3) is 0.143. The van der Waals surface area contributed by atoms with Crippen LogP contribution in [0.15, 0.2) is 60.1 Å². The molecule has 0 unspecified atom stereocenters. The molecule has 0 aliphatic carbocycles. The molecular formula is C21H20N2O5S. The van der Waals surface area contributed by atoms with Gasteiger partial charge in [0.15, 0.2) is 6.61 Å². The lowest BCUT2D eigenvalue weighted by Crippen LogP contribution is -2.30. The molecule has 2 aromatic carbocycles. The molecule has 7 nitrogen and oxygen atoms in total. The average molecular weight is 412 g/mol. The highest BCUT2D eigenvalue weighted by molar-refractivity contribution is 7.92. The molecule has 150 valence electrons. The summed E-state index contributed by atoms with van der Waals surface area (Å²) in [6.45, 7) is 0.893. The SMILES string of the molecule is Cc1ccc(C=CS(=O)(=O)NCC(=O)OCC(=O)c2c[nH]c3ccccc23)cc1. The first-order chi connectivity index (χ1) is 13.8. The molecular weight excluding hydrogens is 392 g/mol. The van der Waals surface area contributed by atoms with E-state index in [1.807, 2.05) is 31.2 Å². The predicted molar refractivity (Wildman–Crippen MR) is 111 cm³/mol. The third-order valence-electron chi connectivity index (χ3n) is 4.19. The highest BCUT2D eigenvalue weighted by Crippen LogP contribution is 2.18. The van der Waals surface area contributed by atoms with Crippen molar-refractivity contribution in [3.05, 3.63) is 76.8 Å². The van der Waals surface area contributed by atoms with E-state index in [9.17, 15) is 18.0 Å². The number of sulfonamides is 1. The largest absolute Gasteiger partial charge is 0.456 e. The molecule has 29 heavy (non-hydrogen) atoms. The molecule has 2 N–H and O–H groups in total. The number of hydrogen-bond acceptors (Lipinski definition) is 5.